The largest absolute Gasteiger partial charge is 0.484 e. The van der Waals surface area contributed by atoms with Gasteiger partial charge in [0.15, 0.2) is 0 Å². The molecule has 3 heteroatoms. The third kappa shape index (κ3) is 3.60. The van der Waals surface area contributed by atoms with E-state index in [1.807, 2.05) is 0 Å². The van der Waals surface area contributed by atoms with E-state index >= 15 is 0 Å². The van der Waals surface area contributed by atoms with E-state index < -0.39 is 0 Å². The fraction of sp³-hybridized carbons (Fsp3) is 0.368. The standard InChI is InChI=1S/C19H23NOS/c1-20(2)13-12-18(19-11-6-14-22-19)21-17-10-5-8-15-7-3-4-9-16(15)17/h5-11,14,18H,3-4,12-13H2,1-2H3/t18-/m0/s1. The zero-order valence-electron chi connectivity index (χ0n) is 13.3. The Labute approximate surface area is 136 Å². The molecule has 1 aromatic carbocycles. The number of ether oxygens (including phenoxy) is 1. The summed E-state index contributed by atoms with van der Waals surface area (Å²) in [7, 11) is 4.22. The normalized spacial score (nSPS) is 14.9. The molecule has 116 valence electrons. The lowest BCUT2D eigenvalue weighted by atomic mass is 10.1. The predicted octanol–water partition coefficient (Wildman–Crippen LogP) is 3.17. The van der Waals surface area contributed by atoms with Gasteiger partial charge in [-0.05, 0) is 49.7 Å². The van der Waals surface area contributed by atoms with Gasteiger partial charge in [0.1, 0.15) is 11.9 Å². The molecule has 2 aromatic rings. The van der Waals surface area contributed by atoms with Crippen LogP contribution in [0, 0.1) is 0 Å². The number of rotatable bonds is 6. The van der Waals surface area contributed by atoms with Crippen molar-refractivity contribution in [2.24, 2.45) is 0 Å². The van der Waals surface area contributed by atoms with Crippen molar-refractivity contribution in [3.05, 3.63) is 51.0 Å². The van der Waals surface area contributed by atoms with E-state index in [1.165, 1.54) is 15.3 Å². The first-order valence-electron chi connectivity index (χ1n) is 7.88. The number of hydrogen-bond acceptors (Lipinski definition) is 3. The van der Waals surface area contributed by atoms with Crippen molar-refractivity contribution in [3.63, 3.8) is 0 Å². The van der Waals surface area contributed by atoms with E-state index in [4.69, 9.17) is 4.74 Å². The quantitative estimate of drug-likeness (QED) is 0.812. The van der Waals surface area contributed by atoms with Crippen molar-refractivity contribution in [1.82, 2.24) is 4.90 Å². The summed E-state index contributed by atoms with van der Waals surface area (Å²) in [4.78, 5) is 3.52. The Kier molecular flexibility index (Phi) is 4.96. The van der Waals surface area contributed by atoms with Crippen LogP contribution in [0.3, 0.4) is 0 Å². The summed E-state index contributed by atoms with van der Waals surface area (Å²) in [5, 5.41) is 4.70. The van der Waals surface area contributed by atoms with Crippen molar-refractivity contribution >= 4 is 23.5 Å². The summed E-state index contributed by atoms with van der Waals surface area (Å²) >= 11 is 1.78. The number of fused-ring (bicyclic) bond motifs is 1. The van der Waals surface area contributed by atoms with E-state index in [-0.39, 0.29) is 6.10 Å². The predicted molar refractivity (Wildman–Crippen MR) is 94.7 cm³/mol. The van der Waals surface area contributed by atoms with Gasteiger partial charge in [-0.1, -0.05) is 30.4 Å². The molecule has 0 saturated carbocycles. The second-order valence-corrected chi connectivity index (χ2v) is 6.94. The minimum atomic E-state index is 0.129. The van der Waals surface area contributed by atoms with Crippen LogP contribution in [0.2, 0.25) is 0 Å². The average Bonchev–Trinajstić information content (AvgIpc) is 3.05. The second kappa shape index (κ2) is 7.12. The summed E-state index contributed by atoms with van der Waals surface area (Å²) in [6.45, 7) is 1.02. The van der Waals surface area contributed by atoms with Crippen molar-refractivity contribution in [1.29, 1.82) is 0 Å². The molecule has 1 aliphatic carbocycles. The van der Waals surface area contributed by atoms with Gasteiger partial charge in [0.2, 0.25) is 0 Å². The zero-order chi connectivity index (χ0) is 15.4. The van der Waals surface area contributed by atoms with Gasteiger partial charge in [0.05, 0.1) is 0 Å². The minimum Gasteiger partial charge on any atom is -0.484 e. The third-order valence-electron chi connectivity index (χ3n) is 3.95. The molecule has 0 fully saturated rings. The fourth-order valence-corrected chi connectivity index (χ4v) is 3.58. The Morgan fingerprint density at radius 3 is 2.77 bits per heavy atom. The van der Waals surface area contributed by atoms with E-state index in [2.05, 4.69) is 66.9 Å². The highest BCUT2D eigenvalue weighted by molar-refractivity contribution is 7.10. The smallest absolute Gasteiger partial charge is 0.134 e. The Bertz CT molecular complexity index is 718. The van der Waals surface area contributed by atoms with Crippen molar-refractivity contribution in [2.45, 2.75) is 25.4 Å². The summed E-state index contributed by atoms with van der Waals surface area (Å²) < 4.78 is 6.44. The molecule has 3 rings (SSSR count). The average molecular weight is 313 g/mol. The molecule has 0 spiro atoms. The summed E-state index contributed by atoms with van der Waals surface area (Å²) in [6, 6.07) is 10.7. The highest BCUT2D eigenvalue weighted by Crippen LogP contribution is 2.26. The summed E-state index contributed by atoms with van der Waals surface area (Å²) in [6.07, 6.45) is 7.98. The SMILES string of the molecule is CN(C)CC[C@H](Oc1cccc2c1=CCCC=2)c1cccs1. The number of thiophene rings is 1. The first-order valence-corrected chi connectivity index (χ1v) is 8.76. The molecular formula is C19H23NOS. The van der Waals surface area contributed by atoms with Crippen molar-refractivity contribution < 1.29 is 4.74 Å². The topological polar surface area (TPSA) is 12.5 Å². The van der Waals surface area contributed by atoms with Crippen LogP contribution in [0.1, 0.15) is 30.2 Å². The van der Waals surface area contributed by atoms with Gasteiger partial charge in [0, 0.05) is 23.1 Å². The van der Waals surface area contributed by atoms with Crippen LogP contribution in [0.5, 0.6) is 5.75 Å². The molecular weight excluding hydrogens is 290 g/mol. The maximum atomic E-state index is 6.44. The van der Waals surface area contributed by atoms with Gasteiger partial charge in [-0.2, -0.15) is 0 Å². The van der Waals surface area contributed by atoms with Gasteiger partial charge < -0.3 is 9.64 Å². The Morgan fingerprint density at radius 2 is 2.00 bits per heavy atom. The lowest BCUT2D eigenvalue weighted by Gasteiger charge is -2.21. The number of hydrogen-bond donors (Lipinski definition) is 0. The monoisotopic (exact) mass is 313 g/mol. The van der Waals surface area contributed by atoms with Crippen molar-refractivity contribution in [2.75, 3.05) is 20.6 Å². The minimum absolute atomic E-state index is 0.129. The van der Waals surface area contributed by atoms with Crippen LogP contribution in [0.25, 0.3) is 12.2 Å². The lowest BCUT2D eigenvalue weighted by Crippen LogP contribution is -2.29. The Hall–Kier alpha value is -1.58. The van der Waals surface area contributed by atoms with E-state index in [0.717, 1.165) is 31.6 Å². The van der Waals surface area contributed by atoms with Gasteiger partial charge >= 0.3 is 0 Å². The maximum Gasteiger partial charge on any atom is 0.134 e. The molecule has 0 aliphatic heterocycles. The van der Waals surface area contributed by atoms with Crippen LogP contribution in [-0.4, -0.2) is 25.5 Å². The Morgan fingerprint density at radius 1 is 1.14 bits per heavy atom. The molecule has 0 radical (unpaired) electrons. The summed E-state index contributed by atoms with van der Waals surface area (Å²) in [5.41, 5.74) is 0. The van der Waals surface area contributed by atoms with Crippen LogP contribution >= 0.6 is 11.3 Å². The van der Waals surface area contributed by atoms with Gasteiger partial charge in [-0.25, -0.2) is 0 Å². The first kappa shape index (κ1) is 15.3. The molecule has 22 heavy (non-hydrogen) atoms. The molecule has 0 unspecified atom stereocenters. The summed E-state index contributed by atoms with van der Waals surface area (Å²) in [5.74, 6) is 1.02. The van der Waals surface area contributed by atoms with Gasteiger partial charge in [0.25, 0.3) is 0 Å². The third-order valence-corrected chi connectivity index (χ3v) is 4.91. The number of benzene rings is 1. The van der Waals surface area contributed by atoms with E-state index in [0.29, 0.717) is 0 Å². The maximum absolute atomic E-state index is 6.44. The van der Waals surface area contributed by atoms with Crippen LogP contribution in [0.15, 0.2) is 35.7 Å². The molecule has 0 bridgehead atoms. The molecule has 2 nitrogen and oxygen atoms in total. The molecule has 1 aromatic heterocycles. The second-order valence-electron chi connectivity index (χ2n) is 5.96. The molecule has 1 aliphatic rings. The number of nitrogens with zero attached hydrogens (tertiary/aromatic N) is 1. The lowest BCUT2D eigenvalue weighted by molar-refractivity contribution is 0.181. The molecule has 1 atom stereocenters. The molecule has 0 saturated heterocycles. The van der Waals surface area contributed by atoms with E-state index in [1.54, 1.807) is 11.3 Å². The first-order chi connectivity index (χ1) is 10.7. The molecule has 1 heterocycles. The molecule has 0 amide bonds. The van der Waals surface area contributed by atoms with Crippen molar-refractivity contribution in [3.8, 4) is 5.75 Å². The Balaban J connectivity index is 1.88. The van der Waals surface area contributed by atoms with Gasteiger partial charge in [-0.15, -0.1) is 11.3 Å². The highest BCUT2D eigenvalue weighted by Gasteiger charge is 2.16. The highest BCUT2D eigenvalue weighted by atomic mass is 32.1. The van der Waals surface area contributed by atoms with Crippen LogP contribution in [-0.2, 0) is 0 Å². The fourth-order valence-electron chi connectivity index (χ4n) is 2.79. The van der Waals surface area contributed by atoms with Crippen LogP contribution < -0.4 is 15.2 Å². The molecule has 0 N–H and O–H groups in total. The zero-order valence-corrected chi connectivity index (χ0v) is 14.1. The van der Waals surface area contributed by atoms with Gasteiger partial charge in [-0.3, -0.25) is 0 Å². The van der Waals surface area contributed by atoms with E-state index in [9.17, 15) is 0 Å². The van der Waals surface area contributed by atoms with Crippen LogP contribution in [0.4, 0.5) is 0 Å².